The van der Waals surface area contributed by atoms with Crippen LogP contribution in [0.3, 0.4) is 0 Å². The van der Waals surface area contributed by atoms with Gasteiger partial charge in [-0.15, -0.1) is 0 Å². The molecular formula is C31H30N2O4. The molecule has 188 valence electrons. The topological polar surface area (TPSA) is 84.6 Å². The van der Waals surface area contributed by atoms with E-state index >= 15 is 0 Å². The highest BCUT2D eigenvalue weighted by Gasteiger charge is 2.20. The van der Waals surface area contributed by atoms with Crippen LogP contribution in [0.25, 0.3) is 28.1 Å². The molecule has 0 spiro atoms. The smallest absolute Gasteiger partial charge is 0.328 e. The predicted molar refractivity (Wildman–Crippen MR) is 146 cm³/mol. The lowest BCUT2D eigenvalue weighted by Crippen LogP contribution is -2.18. The molecule has 1 aromatic heterocycles. The molecular weight excluding hydrogens is 464 g/mol. The zero-order valence-electron chi connectivity index (χ0n) is 20.8. The van der Waals surface area contributed by atoms with Crippen LogP contribution in [0.5, 0.6) is 5.75 Å². The highest BCUT2D eigenvalue weighted by Crippen LogP contribution is 2.37. The summed E-state index contributed by atoms with van der Waals surface area (Å²) in [7, 11) is 0. The molecule has 1 fully saturated rings. The third-order valence-corrected chi connectivity index (χ3v) is 6.80. The Morgan fingerprint density at radius 1 is 1.03 bits per heavy atom. The van der Waals surface area contributed by atoms with Crippen molar-refractivity contribution in [2.24, 2.45) is 0 Å². The van der Waals surface area contributed by atoms with Gasteiger partial charge in [0.2, 0.25) is 0 Å². The standard InChI is InChI=1S/C31H30N2O4/c1-2-27(22-11-14-26(34)15-12-22)31(23-9-6-21(7-10-23)8-17-30(35)36)24-13-16-28-25(19-24)20-32-33(28)29-5-3-4-18-37-29/h6-17,19-20,29,34H,2-5,18H2,1H3,(H,35,36). The SMILES string of the molecule is CCC(=C(c1ccc(C=CC(=O)O)cc1)c1ccc2c(cnn2C2CCCCO2)c1)c1ccc(O)cc1. The second-order valence-electron chi connectivity index (χ2n) is 9.23. The van der Waals surface area contributed by atoms with E-state index in [1.54, 1.807) is 18.2 Å². The third kappa shape index (κ3) is 5.34. The van der Waals surface area contributed by atoms with Crippen LogP contribution in [0, 0.1) is 0 Å². The van der Waals surface area contributed by atoms with E-state index in [1.807, 2.05) is 47.3 Å². The minimum atomic E-state index is -0.974. The Kier molecular flexibility index (Phi) is 7.19. The van der Waals surface area contributed by atoms with Crippen molar-refractivity contribution < 1.29 is 19.7 Å². The van der Waals surface area contributed by atoms with E-state index in [0.717, 1.165) is 82.7 Å². The number of benzene rings is 3. The molecule has 1 saturated heterocycles. The molecule has 2 heterocycles. The van der Waals surface area contributed by atoms with E-state index in [4.69, 9.17) is 9.84 Å². The summed E-state index contributed by atoms with van der Waals surface area (Å²) >= 11 is 0. The lowest BCUT2D eigenvalue weighted by atomic mass is 9.87. The van der Waals surface area contributed by atoms with Gasteiger partial charge in [-0.25, -0.2) is 9.48 Å². The summed E-state index contributed by atoms with van der Waals surface area (Å²) < 4.78 is 7.97. The van der Waals surface area contributed by atoms with E-state index in [0.29, 0.717) is 0 Å². The third-order valence-electron chi connectivity index (χ3n) is 6.80. The number of allylic oxidation sites excluding steroid dienone is 1. The maximum atomic E-state index is 10.9. The number of fused-ring (bicyclic) bond motifs is 1. The van der Waals surface area contributed by atoms with Gasteiger partial charge >= 0.3 is 5.97 Å². The van der Waals surface area contributed by atoms with Crippen LogP contribution in [0.15, 0.2) is 79.0 Å². The van der Waals surface area contributed by atoms with Gasteiger partial charge in [0.15, 0.2) is 6.23 Å². The molecule has 37 heavy (non-hydrogen) atoms. The van der Waals surface area contributed by atoms with Gasteiger partial charge in [-0.1, -0.05) is 49.4 Å². The van der Waals surface area contributed by atoms with Gasteiger partial charge in [0.1, 0.15) is 5.75 Å². The van der Waals surface area contributed by atoms with E-state index in [9.17, 15) is 9.90 Å². The van der Waals surface area contributed by atoms with Crippen LogP contribution in [-0.2, 0) is 9.53 Å². The van der Waals surface area contributed by atoms with Gasteiger partial charge in [0.05, 0.1) is 11.7 Å². The number of carboxylic acids is 1. The number of phenols is 1. The summed E-state index contributed by atoms with van der Waals surface area (Å²) in [6.07, 6.45) is 8.59. The van der Waals surface area contributed by atoms with Crippen LogP contribution in [0.2, 0.25) is 0 Å². The summed E-state index contributed by atoms with van der Waals surface area (Å²) in [6.45, 7) is 2.89. The minimum Gasteiger partial charge on any atom is -0.508 e. The van der Waals surface area contributed by atoms with Crippen molar-refractivity contribution in [2.45, 2.75) is 38.8 Å². The van der Waals surface area contributed by atoms with Gasteiger partial charge in [0.25, 0.3) is 0 Å². The minimum absolute atomic E-state index is 0.0262. The second kappa shape index (κ2) is 10.8. The van der Waals surface area contributed by atoms with Crippen molar-refractivity contribution in [3.05, 3.63) is 101 Å². The molecule has 1 aliphatic heterocycles. The first-order chi connectivity index (χ1) is 18.0. The van der Waals surface area contributed by atoms with E-state index in [2.05, 4.69) is 30.2 Å². The Bertz CT molecular complexity index is 1460. The van der Waals surface area contributed by atoms with Crippen molar-refractivity contribution in [1.29, 1.82) is 0 Å². The van der Waals surface area contributed by atoms with Crippen LogP contribution in [-0.4, -0.2) is 32.6 Å². The van der Waals surface area contributed by atoms with Crippen molar-refractivity contribution >= 4 is 34.1 Å². The molecule has 0 aliphatic carbocycles. The molecule has 0 bridgehead atoms. The van der Waals surface area contributed by atoms with Crippen molar-refractivity contribution in [2.75, 3.05) is 6.61 Å². The Morgan fingerprint density at radius 2 is 1.76 bits per heavy atom. The molecule has 5 rings (SSSR count). The zero-order valence-corrected chi connectivity index (χ0v) is 20.8. The molecule has 2 N–H and O–H groups in total. The monoisotopic (exact) mass is 494 g/mol. The number of ether oxygens (including phenoxy) is 1. The van der Waals surface area contributed by atoms with E-state index in [1.165, 1.54) is 0 Å². The number of aromatic nitrogens is 2. The van der Waals surface area contributed by atoms with Gasteiger partial charge < -0.3 is 14.9 Å². The lowest BCUT2D eigenvalue weighted by Gasteiger charge is -2.23. The predicted octanol–water partition coefficient (Wildman–Crippen LogP) is 6.91. The fraction of sp³-hybridized carbons (Fsp3) is 0.226. The number of aliphatic carboxylic acids is 1. The second-order valence-corrected chi connectivity index (χ2v) is 9.23. The Hall–Kier alpha value is -4.16. The summed E-state index contributed by atoms with van der Waals surface area (Å²) in [4.78, 5) is 10.9. The first-order valence-corrected chi connectivity index (χ1v) is 12.7. The van der Waals surface area contributed by atoms with Gasteiger partial charge in [-0.2, -0.15) is 5.10 Å². The highest BCUT2D eigenvalue weighted by molar-refractivity contribution is 6.00. The number of hydrogen-bond donors (Lipinski definition) is 2. The quantitative estimate of drug-likeness (QED) is 0.215. The number of aromatic hydroxyl groups is 1. The van der Waals surface area contributed by atoms with Crippen molar-refractivity contribution in [3.63, 3.8) is 0 Å². The number of rotatable bonds is 7. The number of hydrogen-bond acceptors (Lipinski definition) is 4. The summed E-state index contributed by atoms with van der Waals surface area (Å²) in [6, 6.07) is 21.6. The Balaban J connectivity index is 1.62. The molecule has 0 saturated carbocycles. The van der Waals surface area contributed by atoms with Crippen LogP contribution < -0.4 is 0 Å². The van der Waals surface area contributed by atoms with Crippen molar-refractivity contribution in [3.8, 4) is 5.75 Å². The Morgan fingerprint density at radius 3 is 2.43 bits per heavy atom. The maximum Gasteiger partial charge on any atom is 0.328 e. The molecule has 1 unspecified atom stereocenters. The molecule has 0 amide bonds. The molecule has 1 atom stereocenters. The summed E-state index contributed by atoms with van der Waals surface area (Å²) in [5.74, 6) is -0.744. The molecule has 3 aromatic carbocycles. The largest absolute Gasteiger partial charge is 0.508 e. The maximum absolute atomic E-state index is 10.9. The first-order valence-electron chi connectivity index (χ1n) is 12.7. The van der Waals surface area contributed by atoms with Gasteiger partial charge in [-0.05, 0) is 89.4 Å². The molecule has 0 radical (unpaired) electrons. The average molecular weight is 495 g/mol. The summed E-state index contributed by atoms with van der Waals surface area (Å²) in [5, 5.41) is 24.5. The number of carbonyl (C=O) groups is 1. The number of nitrogens with zero attached hydrogens (tertiary/aromatic N) is 2. The zero-order chi connectivity index (χ0) is 25.8. The number of carboxylic acid groups (broad SMARTS) is 1. The Labute approximate surface area is 216 Å². The highest BCUT2D eigenvalue weighted by atomic mass is 16.5. The van der Waals surface area contributed by atoms with E-state index in [-0.39, 0.29) is 12.0 Å². The normalized spacial score (nSPS) is 16.7. The molecule has 6 heteroatoms. The van der Waals surface area contributed by atoms with Crippen LogP contribution in [0.4, 0.5) is 0 Å². The average Bonchev–Trinajstić information content (AvgIpc) is 3.35. The summed E-state index contributed by atoms with van der Waals surface area (Å²) in [5.41, 5.74) is 7.23. The van der Waals surface area contributed by atoms with Gasteiger partial charge in [-0.3, -0.25) is 0 Å². The molecule has 1 aliphatic rings. The van der Waals surface area contributed by atoms with Crippen LogP contribution in [0.1, 0.15) is 61.1 Å². The van der Waals surface area contributed by atoms with Gasteiger partial charge in [0, 0.05) is 18.1 Å². The first kappa shape index (κ1) is 24.5. The fourth-order valence-corrected chi connectivity index (χ4v) is 4.99. The van der Waals surface area contributed by atoms with Crippen molar-refractivity contribution in [1.82, 2.24) is 9.78 Å². The fourth-order valence-electron chi connectivity index (χ4n) is 4.99. The lowest BCUT2D eigenvalue weighted by molar-refractivity contribution is -0.131. The molecule has 4 aromatic rings. The number of phenolic OH excluding ortho intramolecular Hbond substituents is 1. The molecule has 6 nitrogen and oxygen atoms in total. The van der Waals surface area contributed by atoms with Crippen LogP contribution >= 0.6 is 0 Å². The van der Waals surface area contributed by atoms with E-state index < -0.39 is 5.97 Å².